The maximum atomic E-state index is 11.9. The number of esters is 1. The highest BCUT2D eigenvalue weighted by Crippen LogP contribution is 2.26. The molecule has 0 spiro atoms. The first-order valence-corrected chi connectivity index (χ1v) is 6.19. The molecule has 1 aliphatic rings. The van der Waals surface area contributed by atoms with E-state index in [0.29, 0.717) is 0 Å². The van der Waals surface area contributed by atoms with Gasteiger partial charge in [-0.2, -0.15) is 0 Å². The van der Waals surface area contributed by atoms with E-state index in [2.05, 4.69) is 5.32 Å². The summed E-state index contributed by atoms with van der Waals surface area (Å²) in [6.07, 6.45) is 3.41. The van der Waals surface area contributed by atoms with Gasteiger partial charge >= 0.3 is 5.97 Å². The van der Waals surface area contributed by atoms with Crippen molar-refractivity contribution in [2.75, 3.05) is 13.7 Å². The standard InChI is InChI=1S/C14H19NO2.ClH/c1-17-14(16)13(11-7-3-2-4-8-11)12-9-5-6-10-15-12;/h2-4,7-8,12-13,15H,5-6,9-10H2,1H3;1H/t12-,13+;/m0./s1. The minimum Gasteiger partial charge on any atom is -0.469 e. The summed E-state index contributed by atoms with van der Waals surface area (Å²) in [5.74, 6) is -0.322. The molecule has 1 fully saturated rings. The van der Waals surface area contributed by atoms with Gasteiger partial charge in [0, 0.05) is 6.04 Å². The Bertz CT molecular complexity index is 363. The molecule has 0 amide bonds. The summed E-state index contributed by atoms with van der Waals surface area (Å²) in [5.41, 5.74) is 1.04. The number of hydrogen-bond donors (Lipinski definition) is 1. The molecule has 2 rings (SSSR count). The Morgan fingerprint density at radius 1 is 1.33 bits per heavy atom. The second kappa shape index (κ2) is 7.39. The number of carbonyl (C=O) groups is 1. The van der Waals surface area contributed by atoms with Crippen LogP contribution in [0.25, 0.3) is 0 Å². The monoisotopic (exact) mass is 269 g/mol. The Kier molecular flexibility index (Phi) is 6.16. The van der Waals surface area contributed by atoms with Gasteiger partial charge in [-0.15, -0.1) is 12.4 Å². The lowest BCUT2D eigenvalue weighted by Crippen LogP contribution is -2.42. The van der Waals surface area contributed by atoms with Gasteiger partial charge in [-0.1, -0.05) is 36.8 Å². The van der Waals surface area contributed by atoms with Crippen molar-refractivity contribution in [3.05, 3.63) is 35.9 Å². The highest BCUT2D eigenvalue weighted by molar-refractivity contribution is 5.85. The first kappa shape index (κ1) is 15.0. The van der Waals surface area contributed by atoms with Gasteiger partial charge in [0.05, 0.1) is 13.0 Å². The normalized spacial score (nSPS) is 20.6. The van der Waals surface area contributed by atoms with E-state index in [9.17, 15) is 4.79 Å². The molecule has 1 aromatic carbocycles. The number of piperidine rings is 1. The van der Waals surface area contributed by atoms with Gasteiger partial charge in [0.2, 0.25) is 0 Å². The van der Waals surface area contributed by atoms with Gasteiger partial charge in [0.15, 0.2) is 0 Å². The molecule has 1 aliphatic heterocycles. The molecule has 0 unspecified atom stereocenters. The van der Waals surface area contributed by atoms with Gasteiger partial charge in [-0.25, -0.2) is 0 Å². The molecule has 0 saturated carbocycles. The molecule has 0 bridgehead atoms. The van der Waals surface area contributed by atoms with Crippen molar-refractivity contribution >= 4 is 18.4 Å². The van der Waals surface area contributed by atoms with Crippen LogP contribution in [0.2, 0.25) is 0 Å². The van der Waals surface area contributed by atoms with E-state index < -0.39 is 0 Å². The zero-order chi connectivity index (χ0) is 12.1. The Balaban J connectivity index is 0.00000162. The highest BCUT2D eigenvalue weighted by Gasteiger charge is 2.31. The van der Waals surface area contributed by atoms with Gasteiger partial charge < -0.3 is 10.1 Å². The van der Waals surface area contributed by atoms with Crippen LogP contribution < -0.4 is 5.32 Å². The summed E-state index contributed by atoms with van der Waals surface area (Å²) in [6, 6.07) is 10.1. The van der Waals surface area contributed by atoms with Gasteiger partial charge in [0.1, 0.15) is 0 Å². The number of nitrogens with one attached hydrogen (secondary N) is 1. The maximum absolute atomic E-state index is 11.9. The number of ether oxygens (including phenoxy) is 1. The lowest BCUT2D eigenvalue weighted by Gasteiger charge is -2.29. The fraction of sp³-hybridized carbons (Fsp3) is 0.500. The predicted molar refractivity (Wildman–Crippen MR) is 74.1 cm³/mol. The average Bonchev–Trinajstić information content (AvgIpc) is 2.41. The molecular formula is C14H20ClNO2. The van der Waals surface area contributed by atoms with Gasteiger partial charge in [-0.3, -0.25) is 4.79 Å². The molecule has 100 valence electrons. The molecule has 0 radical (unpaired) electrons. The van der Waals surface area contributed by atoms with Crippen molar-refractivity contribution < 1.29 is 9.53 Å². The van der Waals surface area contributed by atoms with Crippen molar-refractivity contribution in [3.63, 3.8) is 0 Å². The number of hydrogen-bond acceptors (Lipinski definition) is 3. The zero-order valence-corrected chi connectivity index (χ0v) is 11.4. The second-order valence-electron chi connectivity index (χ2n) is 4.47. The SMILES string of the molecule is COC(=O)[C@H](c1ccccc1)[C@@H]1CCCCN1.Cl. The second-order valence-corrected chi connectivity index (χ2v) is 4.47. The van der Waals surface area contributed by atoms with E-state index in [1.807, 2.05) is 30.3 Å². The summed E-state index contributed by atoms with van der Waals surface area (Å²) in [4.78, 5) is 11.9. The summed E-state index contributed by atoms with van der Waals surface area (Å²) in [6.45, 7) is 0.991. The van der Waals surface area contributed by atoms with Gasteiger partial charge in [0.25, 0.3) is 0 Å². The number of methoxy groups -OCH3 is 1. The van der Waals surface area contributed by atoms with E-state index in [1.165, 1.54) is 20.0 Å². The Labute approximate surface area is 114 Å². The number of rotatable bonds is 3. The zero-order valence-electron chi connectivity index (χ0n) is 10.6. The summed E-state index contributed by atoms with van der Waals surface area (Å²) < 4.78 is 4.94. The Hall–Kier alpha value is -1.06. The van der Waals surface area contributed by atoms with Crippen molar-refractivity contribution in [2.24, 2.45) is 0 Å². The molecule has 3 nitrogen and oxygen atoms in total. The van der Waals surface area contributed by atoms with E-state index in [1.54, 1.807) is 0 Å². The van der Waals surface area contributed by atoms with Crippen LogP contribution in [-0.4, -0.2) is 25.7 Å². The smallest absolute Gasteiger partial charge is 0.314 e. The van der Waals surface area contributed by atoms with E-state index in [-0.39, 0.29) is 30.3 Å². The molecule has 1 aromatic rings. The van der Waals surface area contributed by atoms with Crippen molar-refractivity contribution in [2.45, 2.75) is 31.2 Å². The minimum atomic E-state index is -0.179. The molecular weight excluding hydrogens is 250 g/mol. The fourth-order valence-corrected chi connectivity index (χ4v) is 2.48. The van der Waals surface area contributed by atoms with Crippen LogP contribution in [0.5, 0.6) is 0 Å². The Morgan fingerprint density at radius 3 is 2.61 bits per heavy atom. The largest absolute Gasteiger partial charge is 0.469 e. The molecule has 1 saturated heterocycles. The third-order valence-corrected chi connectivity index (χ3v) is 3.36. The van der Waals surface area contributed by atoms with Gasteiger partial charge in [-0.05, 0) is 24.9 Å². The summed E-state index contributed by atoms with van der Waals surface area (Å²) in [5, 5.41) is 3.43. The molecule has 0 aliphatic carbocycles. The average molecular weight is 270 g/mol. The molecule has 1 heterocycles. The number of carbonyl (C=O) groups excluding carboxylic acids is 1. The maximum Gasteiger partial charge on any atom is 0.314 e. The van der Waals surface area contributed by atoms with E-state index in [0.717, 1.165) is 18.5 Å². The quantitative estimate of drug-likeness (QED) is 0.857. The fourth-order valence-electron chi connectivity index (χ4n) is 2.48. The molecule has 18 heavy (non-hydrogen) atoms. The van der Waals surface area contributed by atoms with Crippen LogP contribution >= 0.6 is 12.4 Å². The summed E-state index contributed by atoms with van der Waals surface area (Å²) in [7, 11) is 1.46. The number of benzene rings is 1. The van der Waals surface area contributed by atoms with Crippen LogP contribution in [0.15, 0.2) is 30.3 Å². The number of halogens is 1. The summed E-state index contributed by atoms with van der Waals surface area (Å²) >= 11 is 0. The predicted octanol–water partition coefficient (Wildman–Crippen LogP) is 2.51. The molecule has 2 atom stereocenters. The third-order valence-electron chi connectivity index (χ3n) is 3.36. The molecule has 4 heteroatoms. The first-order valence-electron chi connectivity index (χ1n) is 6.19. The van der Waals surface area contributed by atoms with Crippen molar-refractivity contribution in [1.82, 2.24) is 5.32 Å². The van der Waals surface area contributed by atoms with Crippen LogP contribution in [0.4, 0.5) is 0 Å². The minimum absolute atomic E-state index is 0. The third kappa shape index (κ3) is 3.47. The lowest BCUT2D eigenvalue weighted by molar-refractivity contribution is -0.143. The topological polar surface area (TPSA) is 38.3 Å². The molecule has 0 aromatic heterocycles. The van der Waals surface area contributed by atoms with Crippen LogP contribution in [0.1, 0.15) is 30.7 Å². The first-order chi connectivity index (χ1) is 8.33. The van der Waals surface area contributed by atoms with Crippen LogP contribution in [-0.2, 0) is 9.53 Å². The van der Waals surface area contributed by atoms with Crippen LogP contribution in [0, 0.1) is 0 Å². The lowest BCUT2D eigenvalue weighted by atomic mass is 9.86. The highest BCUT2D eigenvalue weighted by atomic mass is 35.5. The van der Waals surface area contributed by atoms with Crippen molar-refractivity contribution in [3.8, 4) is 0 Å². The Morgan fingerprint density at radius 2 is 2.06 bits per heavy atom. The van der Waals surface area contributed by atoms with Crippen LogP contribution in [0.3, 0.4) is 0 Å². The van der Waals surface area contributed by atoms with E-state index in [4.69, 9.17) is 4.74 Å². The van der Waals surface area contributed by atoms with Crippen molar-refractivity contribution in [1.29, 1.82) is 0 Å². The van der Waals surface area contributed by atoms with E-state index >= 15 is 0 Å². The molecule has 1 N–H and O–H groups in total.